The molecule has 0 saturated heterocycles. The van der Waals surface area contributed by atoms with Gasteiger partial charge in [0.25, 0.3) is 0 Å². The van der Waals surface area contributed by atoms with Gasteiger partial charge in [0, 0.05) is 26.3 Å². The molecule has 1 aliphatic heterocycles. The summed E-state index contributed by atoms with van der Waals surface area (Å²) in [6, 6.07) is 3.42. The number of amides is 2. The van der Waals surface area contributed by atoms with Crippen molar-refractivity contribution < 1.29 is 14.3 Å². The van der Waals surface area contributed by atoms with Gasteiger partial charge in [0.2, 0.25) is 5.88 Å². The maximum atomic E-state index is 12.2. The van der Waals surface area contributed by atoms with Crippen molar-refractivity contribution in [3.8, 4) is 5.88 Å². The molecule has 1 aliphatic rings. The number of carbonyl (C=O) groups excluding carboxylic acids is 1. The van der Waals surface area contributed by atoms with Gasteiger partial charge in [-0.25, -0.2) is 9.78 Å². The number of aromatic nitrogens is 1. The first-order valence-electron chi connectivity index (χ1n) is 6.88. The lowest BCUT2D eigenvalue weighted by Gasteiger charge is -2.26. The standard InChI is InChI=1S/C15H21N3O3/c1-11-13(4-5-14(16-11)21-3)17-15(19)18-8-6-12(7-9-18)10-20-2/h4-6H,7-10H2,1-3H3,(H,17,19). The van der Waals surface area contributed by atoms with Crippen LogP contribution in [0.2, 0.25) is 0 Å². The molecular formula is C15H21N3O3. The second-order valence-corrected chi connectivity index (χ2v) is 4.91. The van der Waals surface area contributed by atoms with E-state index in [0.29, 0.717) is 31.3 Å². The van der Waals surface area contributed by atoms with Crippen LogP contribution in [0.3, 0.4) is 0 Å². The Morgan fingerprint density at radius 1 is 1.43 bits per heavy atom. The average Bonchev–Trinajstić information content (AvgIpc) is 2.50. The van der Waals surface area contributed by atoms with Gasteiger partial charge in [-0.05, 0) is 25.0 Å². The van der Waals surface area contributed by atoms with Crippen molar-refractivity contribution in [3.05, 3.63) is 29.5 Å². The fourth-order valence-electron chi connectivity index (χ4n) is 2.19. The first-order chi connectivity index (χ1) is 10.1. The molecule has 2 rings (SSSR count). The molecule has 0 spiro atoms. The van der Waals surface area contributed by atoms with Gasteiger partial charge in [0.1, 0.15) is 0 Å². The van der Waals surface area contributed by atoms with Crippen LogP contribution in [0.1, 0.15) is 12.1 Å². The third-order valence-corrected chi connectivity index (χ3v) is 3.43. The lowest BCUT2D eigenvalue weighted by atomic mass is 10.1. The Balaban J connectivity index is 1.96. The van der Waals surface area contributed by atoms with Crippen LogP contribution in [-0.4, -0.2) is 49.8 Å². The van der Waals surface area contributed by atoms with Crippen LogP contribution in [0.25, 0.3) is 0 Å². The highest BCUT2D eigenvalue weighted by Gasteiger charge is 2.18. The predicted molar refractivity (Wildman–Crippen MR) is 80.7 cm³/mol. The Bertz CT molecular complexity index is 543. The minimum absolute atomic E-state index is 0.113. The first-order valence-corrected chi connectivity index (χ1v) is 6.88. The van der Waals surface area contributed by atoms with Crippen molar-refractivity contribution in [2.45, 2.75) is 13.3 Å². The lowest BCUT2D eigenvalue weighted by molar-refractivity contribution is 0.203. The largest absolute Gasteiger partial charge is 0.481 e. The maximum Gasteiger partial charge on any atom is 0.322 e. The number of hydrogen-bond acceptors (Lipinski definition) is 4. The van der Waals surface area contributed by atoms with Gasteiger partial charge >= 0.3 is 6.03 Å². The van der Waals surface area contributed by atoms with E-state index in [1.807, 2.05) is 13.0 Å². The van der Waals surface area contributed by atoms with Gasteiger partial charge in [-0.1, -0.05) is 6.08 Å². The van der Waals surface area contributed by atoms with Crippen LogP contribution < -0.4 is 10.1 Å². The van der Waals surface area contributed by atoms with Gasteiger partial charge in [0.05, 0.1) is 25.1 Å². The summed E-state index contributed by atoms with van der Waals surface area (Å²) in [4.78, 5) is 18.2. The monoisotopic (exact) mass is 291 g/mol. The molecule has 0 aromatic carbocycles. The molecule has 2 amide bonds. The minimum Gasteiger partial charge on any atom is -0.481 e. The van der Waals surface area contributed by atoms with Crippen molar-refractivity contribution in [2.75, 3.05) is 39.2 Å². The number of nitrogens with zero attached hydrogens (tertiary/aromatic N) is 2. The highest BCUT2D eigenvalue weighted by Crippen LogP contribution is 2.18. The highest BCUT2D eigenvalue weighted by molar-refractivity contribution is 5.90. The Morgan fingerprint density at radius 3 is 2.81 bits per heavy atom. The van der Waals surface area contributed by atoms with Crippen molar-refractivity contribution in [1.82, 2.24) is 9.88 Å². The third kappa shape index (κ3) is 3.95. The number of aryl methyl sites for hydroxylation is 1. The van der Waals surface area contributed by atoms with Gasteiger partial charge in [-0.3, -0.25) is 0 Å². The van der Waals surface area contributed by atoms with Crippen LogP contribution in [0.4, 0.5) is 10.5 Å². The third-order valence-electron chi connectivity index (χ3n) is 3.43. The van der Waals surface area contributed by atoms with Gasteiger partial charge in [0.15, 0.2) is 0 Å². The molecule has 0 unspecified atom stereocenters. The second-order valence-electron chi connectivity index (χ2n) is 4.91. The Hall–Kier alpha value is -2.08. The van der Waals surface area contributed by atoms with E-state index < -0.39 is 0 Å². The molecule has 1 aromatic heterocycles. The van der Waals surface area contributed by atoms with Crippen LogP contribution in [-0.2, 0) is 4.74 Å². The summed E-state index contributed by atoms with van der Waals surface area (Å²) >= 11 is 0. The van der Waals surface area contributed by atoms with E-state index in [4.69, 9.17) is 9.47 Å². The summed E-state index contributed by atoms with van der Waals surface area (Å²) in [5.74, 6) is 0.538. The summed E-state index contributed by atoms with van der Waals surface area (Å²) in [5.41, 5.74) is 2.67. The van der Waals surface area contributed by atoms with Crippen LogP contribution in [0.5, 0.6) is 5.88 Å². The first kappa shape index (κ1) is 15.3. The summed E-state index contributed by atoms with van der Waals surface area (Å²) in [6.07, 6.45) is 2.90. The second kappa shape index (κ2) is 7.08. The van der Waals surface area contributed by atoms with Crippen molar-refractivity contribution in [3.63, 3.8) is 0 Å². The van der Waals surface area contributed by atoms with Crippen LogP contribution >= 0.6 is 0 Å². The highest BCUT2D eigenvalue weighted by atomic mass is 16.5. The number of nitrogens with one attached hydrogen (secondary N) is 1. The van der Waals surface area contributed by atoms with Crippen molar-refractivity contribution >= 4 is 11.7 Å². The molecule has 2 heterocycles. The SMILES string of the molecule is COCC1=CCN(C(=O)Nc2ccc(OC)nc2C)CC1. The zero-order valence-electron chi connectivity index (χ0n) is 12.7. The Morgan fingerprint density at radius 2 is 2.24 bits per heavy atom. The number of hydrogen-bond donors (Lipinski definition) is 1. The molecule has 21 heavy (non-hydrogen) atoms. The molecule has 0 bridgehead atoms. The molecule has 1 N–H and O–H groups in total. The molecule has 114 valence electrons. The molecule has 0 atom stereocenters. The zero-order chi connectivity index (χ0) is 15.2. The van der Waals surface area contributed by atoms with E-state index in [0.717, 1.165) is 12.1 Å². The lowest BCUT2D eigenvalue weighted by Crippen LogP contribution is -2.38. The smallest absolute Gasteiger partial charge is 0.322 e. The molecular weight excluding hydrogens is 270 g/mol. The van der Waals surface area contributed by atoms with Crippen molar-refractivity contribution in [1.29, 1.82) is 0 Å². The Labute approximate surface area is 124 Å². The Kier molecular flexibility index (Phi) is 5.16. The number of anilines is 1. The molecule has 6 nitrogen and oxygen atoms in total. The summed E-state index contributed by atoms with van der Waals surface area (Å²) in [6.45, 7) is 3.78. The predicted octanol–water partition coefficient (Wildman–Crippen LogP) is 2.21. The number of methoxy groups -OCH3 is 2. The van der Waals surface area contributed by atoms with E-state index in [1.54, 1.807) is 31.3 Å². The quantitative estimate of drug-likeness (QED) is 0.864. The average molecular weight is 291 g/mol. The van der Waals surface area contributed by atoms with E-state index >= 15 is 0 Å². The molecule has 0 radical (unpaired) electrons. The summed E-state index contributed by atoms with van der Waals surface area (Å²) < 4.78 is 10.2. The van der Waals surface area contributed by atoms with Crippen LogP contribution in [0.15, 0.2) is 23.8 Å². The molecule has 0 fully saturated rings. The topological polar surface area (TPSA) is 63.7 Å². The fourth-order valence-corrected chi connectivity index (χ4v) is 2.19. The molecule has 6 heteroatoms. The van der Waals surface area contributed by atoms with Crippen LogP contribution in [0, 0.1) is 6.92 Å². The van der Waals surface area contributed by atoms with Gasteiger partial charge < -0.3 is 19.7 Å². The number of urea groups is 1. The molecule has 1 aromatic rings. The summed E-state index contributed by atoms with van der Waals surface area (Å²) in [5, 5.41) is 2.89. The maximum absolute atomic E-state index is 12.2. The molecule has 0 saturated carbocycles. The van der Waals surface area contributed by atoms with E-state index in [-0.39, 0.29) is 6.03 Å². The molecule has 0 aliphatic carbocycles. The zero-order valence-corrected chi connectivity index (χ0v) is 12.7. The minimum atomic E-state index is -0.113. The number of rotatable bonds is 4. The van der Waals surface area contributed by atoms with E-state index in [9.17, 15) is 4.79 Å². The van der Waals surface area contributed by atoms with Gasteiger partial charge in [-0.15, -0.1) is 0 Å². The number of pyridine rings is 1. The summed E-state index contributed by atoms with van der Waals surface area (Å²) in [7, 11) is 3.25. The van der Waals surface area contributed by atoms with Gasteiger partial charge in [-0.2, -0.15) is 0 Å². The fraction of sp³-hybridized carbons (Fsp3) is 0.467. The van der Waals surface area contributed by atoms with E-state index in [2.05, 4.69) is 10.3 Å². The normalized spacial score (nSPS) is 14.6. The van der Waals surface area contributed by atoms with Crippen molar-refractivity contribution in [2.24, 2.45) is 0 Å². The number of carbonyl (C=O) groups is 1. The van der Waals surface area contributed by atoms with E-state index in [1.165, 1.54) is 5.57 Å². The number of ether oxygens (including phenoxy) is 2.